The lowest BCUT2D eigenvalue weighted by Crippen LogP contribution is -1.78. The molecule has 0 amide bonds. The van der Waals surface area contributed by atoms with Gasteiger partial charge in [-0.15, -0.1) is 0 Å². The Morgan fingerprint density at radius 2 is 2.00 bits per heavy atom. The van der Waals surface area contributed by atoms with Gasteiger partial charge in [-0.1, -0.05) is 43.9 Å². The largest absolute Gasteiger partial charge is 0.0991 e. The summed E-state index contributed by atoms with van der Waals surface area (Å²) in [6.45, 7) is 7.75. The van der Waals surface area contributed by atoms with Crippen LogP contribution in [0.1, 0.15) is 13.8 Å². The van der Waals surface area contributed by atoms with Gasteiger partial charge in [0.25, 0.3) is 0 Å². The molecule has 0 radical (unpaired) electrons. The molecular formula is C9H14. The first-order chi connectivity index (χ1) is 4.31. The average Bonchev–Trinajstić information content (AvgIpc) is 1.85. The van der Waals surface area contributed by atoms with Crippen LogP contribution < -0.4 is 0 Å². The van der Waals surface area contributed by atoms with E-state index in [9.17, 15) is 0 Å². The Morgan fingerprint density at radius 3 is 2.44 bits per heavy atom. The summed E-state index contributed by atoms with van der Waals surface area (Å²) in [6.07, 6.45) is 10.1. The molecule has 0 heterocycles. The molecule has 0 spiro atoms. The Bertz CT molecular complexity index is 118. The predicted octanol–water partition coefficient (Wildman–Crippen LogP) is 2.94. The van der Waals surface area contributed by atoms with E-state index < -0.39 is 0 Å². The van der Waals surface area contributed by atoms with Crippen molar-refractivity contribution in [2.75, 3.05) is 0 Å². The summed E-state index contributed by atoms with van der Waals surface area (Å²) in [5.41, 5.74) is 0. The fourth-order valence-electron chi connectivity index (χ4n) is 0.622. The fourth-order valence-corrected chi connectivity index (χ4v) is 0.622. The zero-order valence-electron chi connectivity index (χ0n) is 6.17. The van der Waals surface area contributed by atoms with Crippen molar-refractivity contribution >= 4 is 0 Å². The zero-order chi connectivity index (χ0) is 7.11. The number of hydrogen-bond acceptors (Lipinski definition) is 0. The SMILES string of the molecule is C=C/C=C/C(C)/C=C/C. The highest BCUT2D eigenvalue weighted by Crippen LogP contribution is 1.98. The fraction of sp³-hybridized carbons (Fsp3) is 0.333. The van der Waals surface area contributed by atoms with Gasteiger partial charge in [0.15, 0.2) is 0 Å². The van der Waals surface area contributed by atoms with Gasteiger partial charge in [0.2, 0.25) is 0 Å². The monoisotopic (exact) mass is 122 g/mol. The smallest absolute Gasteiger partial charge is 0.00789 e. The van der Waals surface area contributed by atoms with E-state index in [1.807, 2.05) is 13.0 Å². The molecule has 50 valence electrons. The van der Waals surface area contributed by atoms with Gasteiger partial charge in [-0.25, -0.2) is 0 Å². The second-order valence-corrected chi connectivity index (χ2v) is 2.01. The molecule has 0 bridgehead atoms. The van der Waals surface area contributed by atoms with Crippen molar-refractivity contribution in [2.45, 2.75) is 13.8 Å². The summed E-state index contributed by atoms with van der Waals surface area (Å²) in [5.74, 6) is 0.535. The minimum Gasteiger partial charge on any atom is -0.0991 e. The van der Waals surface area contributed by atoms with Crippen LogP contribution in [0.25, 0.3) is 0 Å². The van der Waals surface area contributed by atoms with Crippen LogP contribution >= 0.6 is 0 Å². The molecule has 0 aromatic rings. The molecule has 0 heteroatoms. The molecular weight excluding hydrogens is 108 g/mol. The maximum atomic E-state index is 3.58. The standard InChI is InChI=1S/C9H14/c1-4-6-8-9(3)7-5-2/h4-9H,1H2,2-3H3/b7-5+,8-6+. The third-order valence-electron chi connectivity index (χ3n) is 1.05. The topological polar surface area (TPSA) is 0 Å². The van der Waals surface area contributed by atoms with Crippen molar-refractivity contribution in [3.63, 3.8) is 0 Å². The molecule has 1 atom stereocenters. The van der Waals surface area contributed by atoms with Crippen LogP contribution in [-0.2, 0) is 0 Å². The quantitative estimate of drug-likeness (QED) is 0.399. The molecule has 0 N–H and O–H groups in total. The van der Waals surface area contributed by atoms with Gasteiger partial charge in [0.05, 0.1) is 0 Å². The highest BCUT2D eigenvalue weighted by atomic mass is 13.9. The van der Waals surface area contributed by atoms with Crippen LogP contribution in [0.5, 0.6) is 0 Å². The van der Waals surface area contributed by atoms with Gasteiger partial charge in [0, 0.05) is 0 Å². The molecule has 0 saturated carbocycles. The summed E-state index contributed by atoms with van der Waals surface area (Å²) < 4.78 is 0. The van der Waals surface area contributed by atoms with Gasteiger partial charge in [-0.05, 0) is 12.8 Å². The lowest BCUT2D eigenvalue weighted by Gasteiger charge is -1.92. The summed E-state index contributed by atoms with van der Waals surface area (Å²) in [6, 6.07) is 0. The predicted molar refractivity (Wildman–Crippen MR) is 43.3 cm³/mol. The zero-order valence-corrected chi connectivity index (χ0v) is 6.17. The van der Waals surface area contributed by atoms with Gasteiger partial charge < -0.3 is 0 Å². The van der Waals surface area contributed by atoms with Crippen molar-refractivity contribution in [3.05, 3.63) is 37.0 Å². The average molecular weight is 122 g/mol. The first-order valence-electron chi connectivity index (χ1n) is 3.23. The Kier molecular flexibility index (Phi) is 4.89. The van der Waals surface area contributed by atoms with E-state index in [4.69, 9.17) is 0 Å². The van der Waals surface area contributed by atoms with Crippen molar-refractivity contribution in [2.24, 2.45) is 5.92 Å². The maximum absolute atomic E-state index is 3.58. The van der Waals surface area contributed by atoms with Gasteiger partial charge in [-0.3, -0.25) is 0 Å². The second kappa shape index (κ2) is 5.36. The van der Waals surface area contributed by atoms with Crippen LogP contribution in [0.3, 0.4) is 0 Å². The van der Waals surface area contributed by atoms with E-state index in [2.05, 4.69) is 31.7 Å². The van der Waals surface area contributed by atoms with Crippen molar-refractivity contribution < 1.29 is 0 Å². The third kappa shape index (κ3) is 5.09. The van der Waals surface area contributed by atoms with E-state index in [-0.39, 0.29) is 0 Å². The molecule has 0 aliphatic heterocycles. The van der Waals surface area contributed by atoms with E-state index in [0.29, 0.717) is 5.92 Å². The number of hydrogen-bond donors (Lipinski definition) is 0. The molecule has 0 aliphatic rings. The summed E-state index contributed by atoms with van der Waals surface area (Å²) in [4.78, 5) is 0. The van der Waals surface area contributed by atoms with Gasteiger partial charge in [-0.2, -0.15) is 0 Å². The Labute approximate surface area is 57.6 Å². The number of allylic oxidation sites excluding steroid dienone is 5. The second-order valence-electron chi connectivity index (χ2n) is 2.01. The van der Waals surface area contributed by atoms with Gasteiger partial charge >= 0.3 is 0 Å². The molecule has 0 fully saturated rings. The van der Waals surface area contributed by atoms with Crippen molar-refractivity contribution in [3.8, 4) is 0 Å². The van der Waals surface area contributed by atoms with Crippen molar-refractivity contribution in [1.29, 1.82) is 0 Å². The lowest BCUT2D eigenvalue weighted by atomic mass is 10.1. The molecule has 9 heavy (non-hydrogen) atoms. The van der Waals surface area contributed by atoms with E-state index in [0.717, 1.165) is 0 Å². The first kappa shape index (κ1) is 8.22. The highest BCUT2D eigenvalue weighted by molar-refractivity contribution is 5.04. The summed E-state index contributed by atoms with van der Waals surface area (Å²) >= 11 is 0. The van der Waals surface area contributed by atoms with E-state index >= 15 is 0 Å². The van der Waals surface area contributed by atoms with E-state index in [1.54, 1.807) is 6.08 Å². The molecule has 0 rings (SSSR count). The molecule has 0 aromatic heterocycles. The molecule has 0 nitrogen and oxygen atoms in total. The Morgan fingerprint density at radius 1 is 1.33 bits per heavy atom. The first-order valence-corrected chi connectivity index (χ1v) is 3.23. The van der Waals surface area contributed by atoms with Crippen LogP contribution in [0.4, 0.5) is 0 Å². The van der Waals surface area contributed by atoms with Crippen LogP contribution in [0.15, 0.2) is 37.0 Å². The minimum atomic E-state index is 0.535. The Balaban J connectivity index is 3.61. The maximum Gasteiger partial charge on any atom is -0.00789 e. The summed E-state index contributed by atoms with van der Waals surface area (Å²) in [7, 11) is 0. The molecule has 0 aromatic carbocycles. The van der Waals surface area contributed by atoms with Gasteiger partial charge in [0.1, 0.15) is 0 Å². The highest BCUT2D eigenvalue weighted by Gasteiger charge is 1.83. The van der Waals surface area contributed by atoms with Crippen LogP contribution in [0, 0.1) is 5.92 Å². The summed E-state index contributed by atoms with van der Waals surface area (Å²) in [5, 5.41) is 0. The molecule has 1 unspecified atom stereocenters. The number of rotatable bonds is 3. The molecule has 0 saturated heterocycles. The van der Waals surface area contributed by atoms with Crippen LogP contribution in [-0.4, -0.2) is 0 Å². The lowest BCUT2D eigenvalue weighted by molar-refractivity contribution is 0.938. The van der Waals surface area contributed by atoms with Crippen LogP contribution in [0.2, 0.25) is 0 Å². The van der Waals surface area contributed by atoms with Crippen molar-refractivity contribution in [1.82, 2.24) is 0 Å². The van der Waals surface area contributed by atoms with E-state index in [1.165, 1.54) is 0 Å². The third-order valence-corrected chi connectivity index (χ3v) is 1.05. The molecule has 0 aliphatic carbocycles. The minimum absolute atomic E-state index is 0.535. The normalized spacial score (nSPS) is 14.9. The Hall–Kier alpha value is -0.780.